The van der Waals surface area contributed by atoms with Crippen LogP contribution >= 0.6 is 11.6 Å². The number of carbonyl (C=O) groups excluding carboxylic acids is 1. The number of ketones is 1. The van der Waals surface area contributed by atoms with Crippen molar-refractivity contribution in [2.45, 2.75) is 27.3 Å². The number of Topliss-reactive ketones (excluding diaryl/α,β-unsaturated/α-hetero) is 1. The fraction of sp³-hybridized carbons (Fsp3) is 0.250. The molecule has 0 saturated heterocycles. The monoisotopic (exact) mass is 343 g/mol. The molecule has 0 atom stereocenters. The molecular formula is C20H19ClFNO. The van der Waals surface area contributed by atoms with Gasteiger partial charge in [0.1, 0.15) is 5.82 Å². The van der Waals surface area contributed by atoms with Gasteiger partial charge in [-0.1, -0.05) is 56.6 Å². The molecule has 0 radical (unpaired) electrons. The van der Waals surface area contributed by atoms with Crippen molar-refractivity contribution in [3.8, 4) is 0 Å². The lowest BCUT2D eigenvalue weighted by molar-refractivity contribution is 0.0860. The maximum atomic E-state index is 14.1. The summed E-state index contributed by atoms with van der Waals surface area (Å²) in [6, 6.07) is 12.3. The van der Waals surface area contributed by atoms with Gasteiger partial charge in [0, 0.05) is 38.7 Å². The lowest BCUT2D eigenvalue weighted by atomic mass is 9.86. The lowest BCUT2D eigenvalue weighted by Crippen LogP contribution is -2.19. The molecular weight excluding hydrogens is 325 g/mol. The molecule has 0 bridgehead atoms. The van der Waals surface area contributed by atoms with E-state index in [1.165, 1.54) is 6.07 Å². The van der Waals surface area contributed by atoms with Crippen molar-refractivity contribution in [1.82, 2.24) is 4.57 Å². The molecule has 2 aromatic carbocycles. The first-order chi connectivity index (χ1) is 11.3. The van der Waals surface area contributed by atoms with E-state index >= 15 is 0 Å². The highest BCUT2D eigenvalue weighted by atomic mass is 35.5. The number of para-hydroxylation sites is 1. The number of halogens is 2. The highest BCUT2D eigenvalue weighted by Crippen LogP contribution is 2.30. The van der Waals surface area contributed by atoms with Crippen LogP contribution in [0.5, 0.6) is 0 Å². The van der Waals surface area contributed by atoms with E-state index in [1.54, 1.807) is 18.3 Å². The number of hydrogen-bond acceptors (Lipinski definition) is 1. The van der Waals surface area contributed by atoms with Gasteiger partial charge in [-0.3, -0.25) is 4.79 Å². The Bertz CT molecular complexity index is 901. The maximum Gasteiger partial charge on any atom is 0.170 e. The molecule has 1 aromatic heterocycles. The van der Waals surface area contributed by atoms with E-state index in [1.807, 2.05) is 49.6 Å². The summed E-state index contributed by atoms with van der Waals surface area (Å²) in [6.45, 7) is 5.98. The minimum absolute atomic E-state index is 0.0667. The molecule has 3 aromatic rings. The number of aromatic nitrogens is 1. The fourth-order valence-corrected chi connectivity index (χ4v) is 3.04. The summed E-state index contributed by atoms with van der Waals surface area (Å²) in [5, 5.41) is 1.27. The van der Waals surface area contributed by atoms with Crippen LogP contribution in [0.1, 0.15) is 36.7 Å². The third-order valence-electron chi connectivity index (χ3n) is 4.10. The molecule has 4 heteroatoms. The molecule has 2 nitrogen and oxygen atoms in total. The van der Waals surface area contributed by atoms with E-state index in [4.69, 9.17) is 11.6 Å². The van der Waals surface area contributed by atoms with E-state index in [0.29, 0.717) is 16.1 Å². The maximum absolute atomic E-state index is 14.1. The Labute approximate surface area is 145 Å². The first-order valence-corrected chi connectivity index (χ1v) is 8.22. The highest BCUT2D eigenvalue weighted by molar-refractivity contribution is 6.31. The zero-order chi connectivity index (χ0) is 17.5. The van der Waals surface area contributed by atoms with E-state index in [0.717, 1.165) is 10.9 Å². The molecule has 0 fully saturated rings. The average Bonchev–Trinajstić information content (AvgIpc) is 2.88. The summed E-state index contributed by atoms with van der Waals surface area (Å²) in [7, 11) is 0. The molecule has 3 rings (SSSR count). The smallest absolute Gasteiger partial charge is 0.170 e. The predicted octanol–water partition coefficient (Wildman–Crippen LogP) is 5.71. The van der Waals surface area contributed by atoms with Crippen molar-refractivity contribution >= 4 is 28.3 Å². The Balaban J connectivity index is 2.15. The quantitative estimate of drug-likeness (QED) is 0.558. The molecule has 0 saturated carbocycles. The second kappa shape index (κ2) is 6.06. The van der Waals surface area contributed by atoms with Crippen LogP contribution in [0.3, 0.4) is 0 Å². The molecule has 0 amide bonds. The van der Waals surface area contributed by atoms with Crippen molar-refractivity contribution in [1.29, 1.82) is 0 Å². The summed E-state index contributed by atoms with van der Waals surface area (Å²) >= 11 is 6.15. The van der Waals surface area contributed by atoms with Crippen molar-refractivity contribution in [2.24, 2.45) is 5.41 Å². The lowest BCUT2D eigenvalue weighted by Gasteiger charge is -2.15. The van der Waals surface area contributed by atoms with Crippen molar-refractivity contribution < 1.29 is 9.18 Å². The number of benzene rings is 2. The van der Waals surface area contributed by atoms with Gasteiger partial charge in [0.25, 0.3) is 0 Å². The molecule has 0 aliphatic rings. The second-order valence-corrected chi connectivity index (χ2v) is 7.37. The number of hydrogen-bond donors (Lipinski definition) is 0. The zero-order valence-electron chi connectivity index (χ0n) is 13.9. The third kappa shape index (κ3) is 2.96. The second-order valence-electron chi connectivity index (χ2n) is 6.97. The number of rotatable bonds is 3. The van der Waals surface area contributed by atoms with Crippen LogP contribution in [0, 0.1) is 11.2 Å². The Morgan fingerprint density at radius 2 is 1.83 bits per heavy atom. The van der Waals surface area contributed by atoms with Crippen molar-refractivity contribution in [3.63, 3.8) is 0 Å². The van der Waals surface area contributed by atoms with Crippen LogP contribution in [0.4, 0.5) is 4.39 Å². The number of nitrogens with zero attached hydrogens (tertiary/aromatic N) is 1. The normalized spacial score (nSPS) is 11.9. The van der Waals surface area contributed by atoms with Crippen LogP contribution in [-0.2, 0) is 6.54 Å². The largest absolute Gasteiger partial charge is 0.342 e. The van der Waals surface area contributed by atoms with Crippen LogP contribution < -0.4 is 0 Å². The van der Waals surface area contributed by atoms with Gasteiger partial charge in [-0.05, 0) is 18.2 Å². The predicted molar refractivity (Wildman–Crippen MR) is 96.2 cm³/mol. The topological polar surface area (TPSA) is 22.0 Å². The van der Waals surface area contributed by atoms with Gasteiger partial charge in [-0.15, -0.1) is 0 Å². The van der Waals surface area contributed by atoms with Gasteiger partial charge >= 0.3 is 0 Å². The summed E-state index contributed by atoms with van der Waals surface area (Å²) in [6.07, 6.45) is 1.81. The summed E-state index contributed by atoms with van der Waals surface area (Å²) < 4.78 is 16.0. The fourth-order valence-electron chi connectivity index (χ4n) is 2.82. The van der Waals surface area contributed by atoms with Crippen LogP contribution in [-0.4, -0.2) is 10.4 Å². The highest BCUT2D eigenvalue weighted by Gasteiger charge is 2.26. The standard InChI is InChI=1S/C20H19ClFNO/c1-20(2,3)19(24)14-11-23(18-10-5-4-7-13(14)18)12-15-16(21)8-6-9-17(15)22/h4-11H,12H2,1-3H3. The molecule has 0 unspecified atom stereocenters. The molecule has 24 heavy (non-hydrogen) atoms. The van der Waals surface area contributed by atoms with Gasteiger partial charge in [-0.2, -0.15) is 0 Å². The van der Waals surface area contributed by atoms with Crippen LogP contribution in [0.15, 0.2) is 48.7 Å². The molecule has 0 spiro atoms. The van der Waals surface area contributed by atoms with Gasteiger partial charge in [0.05, 0.1) is 6.54 Å². The van der Waals surface area contributed by atoms with Gasteiger partial charge in [0.15, 0.2) is 5.78 Å². The van der Waals surface area contributed by atoms with Gasteiger partial charge < -0.3 is 4.57 Å². The van der Waals surface area contributed by atoms with Crippen molar-refractivity contribution in [3.05, 3.63) is 70.6 Å². The Hall–Kier alpha value is -2.13. The summed E-state index contributed by atoms with van der Waals surface area (Å²) in [5.41, 5.74) is 1.49. The number of carbonyl (C=O) groups is 1. The van der Waals surface area contributed by atoms with Crippen molar-refractivity contribution in [2.75, 3.05) is 0 Å². The first-order valence-electron chi connectivity index (χ1n) is 7.84. The van der Waals surface area contributed by atoms with E-state index in [-0.39, 0.29) is 18.1 Å². The van der Waals surface area contributed by atoms with Crippen LogP contribution in [0.25, 0.3) is 10.9 Å². The average molecular weight is 344 g/mol. The van der Waals surface area contributed by atoms with E-state index in [9.17, 15) is 9.18 Å². The minimum Gasteiger partial charge on any atom is -0.342 e. The van der Waals surface area contributed by atoms with Gasteiger partial charge in [-0.25, -0.2) is 4.39 Å². The van der Waals surface area contributed by atoms with Crippen LogP contribution in [0.2, 0.25) is 5.02 Å². The first kappa shape index (κ1) is 16.7. The van der Waals surface area contributed by atoms with E-state index in [2.05, 4.69) is 0 Å². The van der Waals surface area contributed by atoms with E-state index < -0.39 is 5.41 Å². The molecule has 0 aliphatic carbocycles. The minimum atomic E-state index is -0.482. The number of fused-ring (bicyclic) bond motifs is 1. The Morgan fingerprint density at radius 3 is 2.50 bits per heavy atom. The van der Waals surface area contributed by atoms with Gasteiger partial charge in [0.2, 0.25) is 0 Å². The zero-order valence-corrected chi connectivity index (χ0v) is 14.7. The summed E-state index contributed by atoms with van der Waals surface area (Å²) in [5.74, 6) is -0.277. The third-order valence-corrected chi connectivity index (χ3v) is 4.46. The molecule has 0 N–H and O–H groups in total. The molecule has 124 valence electrons. The summed E-state index contributed by atoms with van der Waals surface area (Å²) in [4.78, 5) is 12.8. The Kier molecular flexibility index (Phi) is 4.22. The molecule has 0 aliphatic heterocycles. The Morgan fingerprint density at radius 1 is 1.12 bits per heavy atom. The SMILES string of the molecule is CC(C)(C)C(=O)c1cn(Cc2c(F)cccc2Cl)c2ccccc12. The molecule has 1 heterocycles.